The second-order valence-electron chi connectivity index (χ2n) is 6.94. The lowest BCUT2D eigenvalue weighted by Gasteiger charge is -2.25. The third kappa shape index (κ3) is 3.61. The molecule has 1 saturated heterocycles. The van der Waals surface area contributed by atoms with Crippen molar-refractivity contribution in [3.63, 3.8) is 0 Å². The van der Waals surface area contributed by atoms with Crippen LogP contribution in [-0.2, 0) is 9.53 Å². The van der Waals surface area contributed by atoms with Crippen LogP contribution in [0.5, 0.6) is 0 Å². The summed E-state index contributed by atoms with van der Waals surface area (Å²) in [7, 11) is 1.27. The highest BCUT2D eigenvalue weighted by Gasteiger charge is 2.50. The van der Waals surface area contributed by atoms with Crippen LogP contribution in [0.15, 0.2) is 0 Å². The number of aromatic nitrogens is 1. The Bertz CT molecular complexity index is 775. The summed E-state index contributed by atoms with van der Waals surface area (Å²) in [5.74, 6) is -1.34. The number of amides is 3. The van der Waals surface area contributed by atoms with Crippen LogP contribution in [0.25, 0.3) is 0 Å². The van der Waals surface area contributed by atoms with E-state index in [1.54, 1.807) is 13.8 Å². The minimum atomic E-state index is -0.932. The van der Waals surface area contributed by atoms with E-state index in [9.17, 15) is 19.2 Å². The zero-order valence-electron chi connectivity index (χ0n) is 16.5. The minimum Gasteiger partial charge on any atom is -0.465 e. The molecule has 0 radical (unpaired) electrons. The zero-order chi connectivity index (χ0) is 20.4. The van der Waals surface area contributed by atoms with Crippen LogP contribution in [0.3, 0.4) is 0 Å². The van der Waals surface area contributed by atoms with Gasteiger partial charge in [0.2, 0.25) is 0 Å². The average Bonchev–Trinajstić information content (AvgIpc) is 3.03. The lowest BCUT2D eigenvalue weighted by molar-refractivity contribution is -0.131. The van der Waals surface area contributed by atoms with Gasteiger partial charge in [0.05, 0.1) is 24.9 Å². The summed E-state index contributed by atoms with van der Waals surface area (Å²) in [4.78, 5) is 53.8. The Labute approximate surface area is 158 Å². The van der Waals surface area contributed by atoms with Crippen molar-refractivity contribution in [3.8, 4) is 0 Å². The van der Waals surface area contributed by atoms with Crippen LogP contribution >= 0.6 is 0 Å². The van der Waals surface area contributed by atoms with Gasteiger partial charge in [-0.2, -0.15) is 0 Å². The molecule has 0 unspecified atom stereocenters. The van der Waals surface area contributed by atoms with Crippen molar-refractivity contribution < 1.29 is 23.9 Å². The van der Waals surface area contributed by atoms with Gasteiger partial charge in [-0.1, -0.05) is 26.7 Å². The number of carbonyl (C=O) groups is 4. The quantitative estimate of drug-likeness (QED) is 0.411. The Hall–Kier alpha value is -2.64. The molecule has 0 saturated carbocycles. The number of esters is 1. The number of aromatic amines is 1. The molecule has 0 bridgehead atoms. The maximum atomic E-state index is 12.9. The molecule has 0 spiro atoms. The van der Waals surface area contributed by atoms with Gasteiger partial charge in [-0.15, -0.1) is 0 Å². The van der Waals surface area contributed by atoms with Gasteiger partial charge >= 0.3 is 12.0 Å². The second-order valence-corrected chi connectivity index (χ2v) is 6.94. The summed E-state index contributed by atoms with van der Waals surface area (Å²) in [6, 6.07) is -0.552. The number of aryl methyl sites for hydroxylation is 1. The first kappa shape index (κ1) is 20.7. The van der Waals surface area contributed by atoms with Crippen LogP contribution in [0.1, 0.15) is 71.6 Å². The van der Waals surface area contributed by atoms with Crippen LogP contribution in [0, 0.1) is 13.8 Å². The van der Waals surface area contributed by atoms with Gasteiger partial charge in [0.15, 0.2) is 5.78 Å². The van der Waals surface area contributed by atoms with E-state index in [1.165, 1.54) is 7.11 Å². The third-order valence-corrected chi connectivity index (χ3v) is 5.01. The summed E-state index contributed by atoms with van der Waals surface area (Å²) in [5.41, 5.74) is 0.524. The number of methoxy groups -OCH3 is 1. The number of nitrogens with zero attached hydrogens (tertiary/aromatic N) is 1. The van der Waals surface area contributed by atoms with Gasteiger partial charge in [-0.05, 0) is 32.3 Å². The minimum absolute atomic E-state index is 0.206. The second kappa shape index (κ2) is 7.94. The summed E-state index contributed by atoms with van der Waals surface area (Å²) < 4.78 is 4.74. The Morgan fingerprint density at radius 1 is 1.11 bits per heavy atom. The van der Waals surface area contributed by atoms with Crippen LogP contribution in [0.4, 0.5) is 4.79 Å². The van der Waals surface area contributed by atoms with Gasteiger partial charge in [0, 0.05) is 5.69 Å². The Morgan fingerprint density at radius 2 is 1.70 bits per heavy atom. The normalized spacial score (nSPS) is 15.8. The number of carbonyl (C=O) groups excluding carboxylic acids is 4. The highest BCUT2D eigenvalue weighted by atomic mass is 16.5. The van der Waals surface area contributed by atoms with E-state index in [0.717, 1.165) is 17.7 Å². The number of urea groups is 1. The summed E-state index contributed by atoms with van der Waals surface area (Å²) in [6.45, 7) is 6.82. The number of H-pyrrole nitrogens is 1. The molecule has 1 aliphatic heterocycles. The molecule has 1 aromatic heterocycles. The number of nitrogens with one attached hydrogen (secondary N) is 2. The Morgan fingerprint density at radius 3 is 2.22 bits per heavy atom. The van der Waals surface area contributed by atoms with Crippen molar-refractivity contribution in [2.75, 3.05) is 13.7 Å². The predicted molar refractivity (Wildman–Crippen MR) is 98.7 cm³/mol. The molecular formula is C19H27N3O5. The first-order valence-electron chi connectivity index (χ1n) is 9.17. The molecule has 0 aliphatic carbocycles. The lowest BCUT2D eigenvalue weighted by Crippen LogP contribution is -2.47. The molecule has 3 amide bonds. The number of hydrogen-bond acceptors (Lipinski definition) is 5. The van der Waals surface area contributed by atoms with Crippen LogP contribution < -0.4 is 5.32 Å². The first-order chi connectivity index (χ1) is 12.7. The third-order valence-electron chi connectivity index (χ3n) is 5.01. The van der Waals surface area contributed by atoms with E-state index in [0.29, 0.717) is 29.7 Å². The maximum absolute atomic E-state index is 12.9. The fourth-order valence-electron chi connectivity index (χ4n) is 3.80. The molecule has 148 valence electrons. The molecule has 8 nitrogen and oxygen atoms in total. The monoisotopic (exact) mass is 377 g/mol. The molecule has 1 fully saturated rings. The van der Waals surface area contributed by atoms with Crippen molar-refractivity contribution in [1.82, 2.24) is 15.2 Å². The molecule has 27 heavy (non-hydrogen) atoms. The summed E-state index contributed by atoms with van der Waals surface area (Å²) in [5, 5.41) is 2.79. The van der Waals surface area contributed by atoms with Gasteiger partial charge < -0.3 is 15.0 Å². The zero-order valence-corrected chi connectivity index (χ0v) is 16.5. The Balaban J connectivity index is 2.27. The van der Waals surface area contributed by atoms with Crippen molar-refractivity contribution in [2.45, 2.75) is 58.9 Å². The van der Waals surface area contributed by atoms with Crippen molar-refractivity contribution in [1.29, 1.82) is 0 Å². The fourth-order valence-corrected chi connectivity index (χ4v) is 3.80. The molecule has 0 aromatic carbocycles. The molecule has 2 heterocycles. The molecule has 8 heteroatoms. The maximum Gasteiger partial charge on any atom is 0.339 e. The van der Waals surface area contributed by atoms with Crippen LogP contribution in [-0.4, -0.2) is 52.8 Å². The van der Waals surface area contributed by atoms with Crippen molar-refractivity contribution >= 4 is 23.7 Å². The average molecular weight is 377 g/mol. The smallest absolute Gasteiger partial charge is 0.339 e. The number of rotatable bonds is 8. The first-order valence-corrected chi connectivity index (χ1v) is 9.17. The van der Waals surface area contributed by atoms with Gasteiger partial charge in [-0.3, -0.25) is 14.5 Å². The molecule has 0 atom stereocenters. The topological polar surface area (TPSA) is 109 Å². The number of ketones is 1. The van der Waals surface area contributed by atoms with Gasteiger partial charge in [0.1, 0.15) is 5.54 Å². The largest absolute Gasteiger partial charge is 0.465 e. The Kier molecular flexibility index (Phi) is 6.08. The van der Waals surface area contributed by atoms with Crippen molar-refractivity contribution in [3.05, 3.63) is 22.5 Å². The highest BCUT2D eigenvalue weighted by molar-refractivity contribution is 6.11. The number of ether oxygens (including phenoxy) is 1. The van der Waals surface area contributed by atoms with Crippen LogP contribution in [0.2, 0.25) is 0 Å². The lowest BCUT2D eigenvalue weighted by atomic mass is 9.88. The SMILES string of the molecule is CCCC1(CCC)NC(=O)N(CC(=O)c2[nH]c(C)c(C(=O)OC)c2C)C1=O. The summed E-state index contributed by atoms with van der Waals surface area (Å²) >= 11 is 0. The van der Waals surface area contributed by atoms with Crippen molar-refractivity contribution in [2.24, 2.45) is 0 Å². The number of imide groups is 1. The predicted octanol–water partition coefficient (Wildman–Crippen LogP) is 2.49. The molecule has 2 N–H and O–H groups in total. The van der Waals surface area contributed by atoms with E-state index in [-0.39, 0.29) is 18.1 Å². The molecule has 1 aromatic rings. The van der Waals surface area contributed by atoms with E-state index in [4.69, 9.17) is 4.74 Å². The van der Waals surface area contributed by atoms with E-state index in [1.807, 2.05) is 13.8 Å². The van der Waals surface area contributed by atoms with Gasteiger partial charge in [-0.25, -0.2) is 9.59 Å². The fraction of sp³-hybridized carbons (Fsp3) is 0.579. The van der Waals surface area contributed by atoms with E-state index >= 15 is 0 Å². The van der Waals surface area contributed by atoms with E-state index < -0.39 is 23.3 Å². The van der Waals surface area contributed by atoms with E-state index in [2.05, 4.69) is 10.3 Å². The molecule has 1 aliphatic rings. The standard InChI is InChI=1S/C19H27N3O5/c1-6-8-19(9-7-2)17(25)22(18(26)21-19)10-13(23)15-11(3)14(12(4)20-15)16(24)27-5/h20H,6-10H2,1-5H3,(H,21,26). The summed E-state index contributed by atoms with van der Waals surface area (Å²) in [6.07, 6.45) is 2.54. The molecular weight excluding hydrogens is 350 g/mol. The van der Waals surface area contributed by atoms with Gasteiger partial charge in [0.25, 0.3) is 5.91 Å². The molecule has 2 rings (SSSR count). The number of Topliss-reactive ketones (excluding diaryl/α,β-unsaturated/α-hetero) is 1. The highest BCUT2D eigenvalue weighted by Crippen LogP contribution is 2.28. The number of hydrogen-bond donors (Lipinski definition) is 2.